The minimum absolute atomic E-state index is 0.0674. The Morgan fingerprint density at radius 2 is 1.74 bits per heavy atom. The van der Waals surface area contributed by atoms with Crippen molar-refractivity contribution in [1.29, 1.82) is 0 Å². The fourth-order valence-electron chi connectivity index (χ4n) is 4.50. The Balaban J connectivity index is 1.07. The van der Waals surface area contributed by atoms with Gasteiger partial charge in [0.2, 0.25) is 0 Å². The van der Waals surface area contributed by atoms with E-state index in [0.717, 1.165) is 61.5 Å². The molecule has 0 aliphatic carbocycles. The lowest BCUT2D eigenvalue weighted by molar-refractivity contribution is 0.0934. The van der Waals surface area contributed by atoms with Crippen LogP contribution in [0.4, 0.5) is 0 Å². The lowest BCUT2D eigenvalue weighted by atomic mass is 9.91. The molecule has 0 N–H and O–H groups in total. The van der Waals surface area contributed by atoms with Gasteiger partial charge in [-0.2, -0.15) is 0 Å². The second kappa shape index (κ2) is 10.4. The van der Waals surface area contributed by atoms with Crippen LogP contribution >= 0.6 is 11.6 Å². The molecular weight excluding hydrogens is 448 g/mol. The van der Waals surface area contributed by atoms with Gasteiger partial charge in [-0.1, -0.05) is 47.1 Å². The zero-order chi connectivity index (χ0) is 23.3. The van der Waals surface area contributed by atoms with Crippen LogP contribution in [0, 0.1) is 5.92 Å². The predicted molar refractivity (Wildman–Crippen MR) is 133 cm³/mol. The summed E-state index contributed by atoms with van der Waals surface area (Å²) in [6.45, 7) is 2.77. The first-order valence-electron chi connectivity index (χ1n) is 11.8. The fraction of sp³-hybridized carbons (Fsp3) is 0.286. The normalized spacial score (nSPS) is 15.0. The maximum Gasteiger partial charge on any atom is 0.198 e. The van der Waals surface area contributed by atoms with Crippen LogP contribution in [0.1, 0.15) is 42.0 Å². The lowest BCUT2D eigenvalue weighted by Gasteiger charge is -2.31. The highest BCUT2D eigenvalue weighted by Gasteiger charge is 2.22. The Hall–Kier alpha value is -3.15. The number of Topliss-reactive ketones (excluding diaryl/α,β-unsaturated/α-hetero) is 1. The first-order valence-corrected chi connectivity index (χ1v) is 12.1. The van der Waals surface area contributed by atoms with Crippen molar-refractivity contribution in [2.45, 2.75) is 32.2 Å². The van der Waals surface area contributed by atoms with E-state index in [0.29, 0.717) is 28.9 Å². The highest BCUT2D eigenvalue weighted by atomic mass is 35.5. The summed E-state index contributed by atoms with van der Waals surface area (Å²) in [5, 5.41) is 4.89. The number of hydrogen-bond acceptors (Lipinski definition) is 5. The summed E-state index contributed by atoms with van der Waals surface area (Å²) in [7, 11) is 0. The number of benzene rings is 2. The third-order valence-electron chi connectivity index (χ3n) is 6.50. The Morgan fingerprint density at radius 1 is 0.971 bits per heavy atom. The largest absolute Gasteiger partial charge is 0.453 e. The van der Waals surface area contributed by atoms with E-state index < -0.39 is 0 Å². The average molecular weight is 475 g/mol. The SMILES string of the molecule is O=C(CCC1CCN(Cc2cc(-c3ccccc3)no2)CC1)c1ccc(-c2ccc(Cl)cc2)o1. The van der Waals surface area contributed by atoms with Gasteiger partial charge in [-0.25, -0.2) is 0 Å². The molecule has 2 aromatic heterocycles. The number of likely N-dealkylation sites (tertiary alicyclic amines) is 1. The van der Waals surface area contributed by atoms with Gasteiger partial charge in [0.25, 0.3) is 0 Å². The smallest absolute Gasteiger partial charge is 0.198 e. The molecule has 0 radical (unpaired) electrons. The van der Waals surface area contributed by atoms with Gasteiger partial charge < -0.3 is 8.94 Å². The number of ketones is 1. The molecule has 1 fully saturated rings. The molecule has 174 valence electrons. The number of carbonyl (C=O) groups excluding carboxylic acids is 1. The Labute approximate surface area is 204 Å². The number of carbonyl (C=O) groups is 1. The molecule has 1 aliphatic heterocycles. The van der Waals surface area contributed by atoms with Crippen molar-refractivity contribution < 1.29 is 13.7 Å². The molecule has 0 unspecified atom stereocenters. The van der Waals surface area contributed by atoms with Gasteiger partial charge in [-0.05, 0) is 74.7 Å². The quantitative estimate of drug-likeness (QED) is 0.254. The van der Waals surface area contributed by atoms with Gasteiger partial charge in [0, 0.05) is 28.6 Å². The zero-order valence-corrected chi connectivity index (χ0v) is 19.7. The minimum Gasteiger partial charge on any atom is -0.453 e. The van der Waals surface area contributed by atoms with E-state index in [2.05, 4.69) is 10.1 Å². The van der Waals surface area contributed by atoms with Crippen LogP contribution in [-0.4, -0.2) is 28.9 Å². The van der Waals surface area contributed by atoms with E-state index >= 15 is 0 Å². The maximum atomic E-state index is 12.7. The molecule has 0 amide bonds. The monoisotopic (exact) mass is 474 g/mol. The van der Waals surface area contributed by atoms with Crippen LogP contribution in [0.2, 0.25) is 5.02 Å². The molecule has 4 aromatic rings. The van der Waals surface area contributed by atoms with Crippen LogP contribution in [-0.2, 0) is 6.54 Å². The molecule has 2 aromatic carbocycles. The highest BCUT2D eigenvalue weighted by molar-refractivity contribution is 6.30. The van der Waals surface area contributed by atoms with Crippen molar-refractivity contribution >= 4 is 17.4 Å². The van der Waals surface area contributed by atoms with Crippen molar-refractivity contribution in [3.05, 3.63) is 89.3 Å². The Bertz CT molecular complexity index is 1220. The molecule has 0 spiro atoms. The number of furan rings is 1. The first-order chi connectivity index (χ1) is 16.6. The average Bonchev–Trinajstić information content (AvgIpc) is 3.55. The van der Waals surface area contributed by atoms with Crippen molar-refractivity contribution in [3.8, 4) is 22.6 Å². The molecule has 0 atom stereocenters. The van der Waals surface area contributed by atoms with Gasteiger partial charge in [-0.15, -0.1) is 0 Å². The summed E-state index contributed by atoms with van der Waals surface area (Å²) in [6.07, 6.45) is 3.58. The zero-order valence-electron chi connectivity index (χ0n) is 19.0. The molecule has 5 rings (SSSR count). The van der Waals surface area contributed by atoms with Gasteiger partial charge in [0.1, 0.15) is 11.5 Å². The van der Waals surface area contributed by atoms with Gasteiger partial charge in [-0.3, -0.25) is 9.69 Å². The number of rotatable bonds is 8. The summed E-state index contributed by atoms with van der Waals surface area (Å²) in [6, 6.07) is 23.2. The lowest BCUT2D eigenvalue weighted by Crippen LogP contribution is -2.33. The van der Waals surface area contributed by atoms with Crippen LogP contribution in [0.15, 0.2) is 81.7 Å². The van der Waals surface area contributed by atoms with E-state index in [4.69, 9.17) is 20.5 Å². The molecule has 6 heteroatoms. The Morgan fingerprint density at radius 3 is 2.50 bits per heavy atom. The molecular formula is C28H27ClN2O3. The van der Waals surface area contributed by atoms with Crippen LogP contribution in [0.25, 0.3) is 22.6 Å². The van der Waals surface area contributed by atoms with Crippen LogP contribution < -0.4 is 0 Å². The number of piperidine rings is 1. The third-order valence-corrected chi connectivity index (χ3v) is 6.76. The van der Waals surface area contributed by atoms with E-state index in [1.54, 1.807) is 6.07 Å². The molecule has 34 heavy (non-hydrogen) atoms. The summed E-state index contributed by atoms with van der Waals surface area (Å²) >= 11 is 5.95. The molecule has 1 saturated heterocycles. The van der Waals surface area contributed by atoms with Gasteiger partial charge in [0.05, 0.1) is 6.54 Å². The van der Waals surface area contributed by atoms with Gasteiger partial charge in [0.15, 0.2) is 17.3 Å². The summed E-state index contributed by atoms with van der Waals surface area (Å²) in [4.78, 5) is 15.1. The Kier molecular flexibility index (Phi) is 6.93. The highest BCUT2D eigenvalue weighted by Crippen LogP contribution is 2.27. The van der Waals surface area contributed by atoms with Crippen molar-refractivity contribution in [3.63, 3.8) is 0 Å². The van der Waals surface area contributed by atoms with Gasteiger partial charge >= 0.3 is 0 Å². The summed E-state index contributed by atoms with van der Waals surface area (Å²) in [5.74, 6) is 2.64. The number of aromatic nitrogens is 1. The second-order valence-corrected chi connectivity index (χ2v) is 9.33. The van der Waals surface area contributed by atoms with Crippen molar-refractivity contribution in [2.24, 2.45) is 5.92 Å². The van der Waals surface area contributed by atoms with E-state index in [1.807, 2.05) is 66.7 Å². The van der Waals surface area contributed by atoms with E-state index in [-0.39, 0.29) is 5.78 Å². The van der Waals surface area contributed by atoms with E-state index in [9.17, 15) is 4.79 Å². The van der Waals surface area contributed by atoms with Crippen LogP contribution in [0.5, 0.6) is 0 Å². The topological polar surface area (TPSA) is 59.5 Å². The third kappa shape index (κ3) is 5.49. The van der Waals surface area contributed by atoms with E-state index in [1.165, 1.54) is 0 Å². The molecule has 0 bridgehead atoms. The molecule has 3 heterocycles. The first kappa shape index (κ1) is 22.6. The molecule has 0 saturated carbocycles. The summed E-state index contributed by atoms with van der Waals surface area (Å²) < 4.78 is 11.4. The number of halogens is 1. The maximum absolute atomic E-state index is 12.7. The standard InChI is InChI=1S/C28H27ClN2O3/c29-23-9-7-22(8-10-23)27-12-13-28(33-27)26(32)11-6-20-14-16-31(17-15-20)19-24-18-25(30-34-24)21-4-2-1-3-5-21/h1-5,7-10,12-13,18,20H,6,11,14-17,19H2. The fourth-order valence-corrected chi connectivity index (χ4v) is 4.63. The minimum atomic E-state index is 0.0674. The number of hydrogen-bond donors (Lipinski definition) is 0. The van der Waals surface area contributed by atoms with Crippen molar-refractivity contribution in [2.75, 3.05) is 13.1 Å². The van der Waals surface area contributed by atoms with Crippen molar-refractivity contribution in [1.82, 2.24) is 10.1 Å². The summed E-state index contributed by atoms with van der Waals surface area (Å²) in [5.41, 5.74) is 2.86. The predicted octanol–water partition coefficient (Wildman–Crippen LogP) is 7.13. The number of nitrogens with zero attached hydrogens (tertiary/aromatic N) is 2. The molecule has 5 nitrogen and oxygen atoms in total. The molecule has 1 aliphatic rings. The second-order valence-electron chi connectivity index (χ2n) is 8.90. The van der Waals surface area contributed by atoms with Crippen LogP contribution in [0.3, 0.4) is 0 Å².